The Kier molecular flexibility index (Phi) is 3.25. The number of hydrogen-bond acceptors (Lipinski definition) is 4. The number of hydrogen-bond donors (Lipinski definition) is 0. The van der Waals surface area contributed by atoms with Gasteiger partial charge in [-0.05, 0) is 25.3 Å². The quantitative estimate of drug-likeness (QED) is 0.839. The highest BCUT2D eigenvalue weighted by Gasteiger charge is 2.52. The molecular formula is C11H16O3S3. The van der Waals surface area contributed by atoms with Gasteiger partial charge >= 0.3 is 0 Å². The average Bonchev–Trinajstić information content (AvgIpc) is 2.61. The Hall–Kier alpha value is -0.200. The number of fused-ring (bicyclic) bond motifs is 1. The molecule has 6 heteroatoms. The van der Waals surface area contributed by atoms with Crippen LogP contribution in [0.3, 0.4) is 0 Å². The Bertz CT molecular complexity index is 476. The summed E-state index contributed by atoms with van der Waals surface area (Å²) >= 11 is 1.48. The van der Waals surface area contributed by atoms with Gasteiger partial charge in [0.2, 0.25) is 0 Å². The molecule has 0 bridgehead atoms. The Balaban J connectivity index is 2.68. The molecule has 1 aliphatic rings. The van der Waals surface area contributed by atoms with E-state index in [2.05, 4.69) is 0 Å². The summed E-state index contributed by atoms with van der Waals surface area (Å²) in [5.74, 6) is 0.733. The molecule has 1 aliphatic heterocycles. The Morgan fingerprint density at radius 1 is 1.29 bits per heavy atom. The van der Waals surface area contributed by atoms with Crippen molar-refractivity contribution in [2.45, 2.75) is 29.9 Å². The first-order chi connectivity index (χ1) is 7.79. The van der Waals surface area contributed by atoms with Gasteiger partial charge < -0.3 is 4.74 Å². The molecule has 3 nitrogen and oxygen atoms in total. The van der Waals surface area contributed by atoms with Crippen LogP contribution in [0.4, 0.5) is 0 Å². The fraction of sp³-hybridized carbons (Fsp3) is 0.636. The molecule has 2 atom stereocenters. The molecule has 1 aromatic rings. The lowest BCUT2D eigenvalue weighted by molar-refractivity contribution is 0.0795. The van der Waals surface area contributed by atoms with Crippen molar-refractivity contribution in [1.29, 1.82) is 0 Å². The predicted octanol–water partition coefficient (Wildman–Crippen LogP) is 2.22. The topological polar surface area (TPSA) is 43.4 Å². The lowest BCUT2D eigenvalue weighted by Crippen LogP contribution is -2.47. The summed E-state index contributed by atoms with van der Waals surface area (Å²) in [5, 5.41) is 1.90. The van der Waals surface area contributed by atoms with E-state index in [-0.39, 0.29) is 0 Å². The molecule has 0 saturated heterocycles. The van der Waals surface area contributed by atoms with Crippen LogP contribution in [-0.4, -0.2) is 26.5 Å². The van der Waals surface area contributed by atoms with Crippen LogP contribution in [0.5, 0.6) is 5.75 Å². The summed E-state index contributed by atoms with van der Waals surface area (Å²) in [5.41, 5.74) is -0.439. The van der Waals surface area contributed by atoms with E-state index in [1.807, 2.05) is 25.3 Å². The van der Waals surface area contributed by atoms with Crippen LogP contribution in [0.25, 0.3) is 0 Å². The largest absolute Gasteiger partial charge is 0.487 e. The predicted molar refractivity (Wildman–Crippen MR) is 73.5 cm³/mol. The molecule has 96 valence electrons. The second kappa shape index (κ2) is 4.17. The zero-order valence-electron chi connectivity index (χ0n) is 10.3. The van der Waals surface area contributed by atoms with E-state index in [9.17, 15) is 8.42 Å². The molecule has 2 rings (SSSR count). The smallest absolute Gasteiger partial charge is 0.161 e. The van der Waals surface area contributed by atoms with Crippen LogP contribution in [-0.2, 0) is 25.7 Å². The zero-order chi connectivity index (χ0) is 12.8. The van der Waals surface area contributed by atoms with E-state index >= 15 is 0 Å². The second-order valence-electron chi connectivity index (χ2n) is 4.81. The van der Waals surface area contributed by atoms with Crippen LogP contribution < -0.4 is 4.74 Å². The lowest BCUT2D eigenvalue weighted by atomic mass is 9.98. The fourth-order valence-electron chi connectivity index (χ4n) is 2.26. The molecule has 0 spiro atoms. The van der Waals surface area contributed by atoms with Gasteiger partial charge in [-0.25, -0.2) is 0 Å². The van der Waals surface area contributed by atoms with E-state index in [4.69, 9.17) is 4.74 Å². The minimum Gasteiger partial charge on any atom is -0.487 e. The zero-order valence-corrected chi connectivity index (χ0v) is 12.8. The summed E-state index contributed by atoms with van der Waals surface area (Å²) in [6.45, 7) is 3.89. The Morgan fingerprint density at radius 2 is 1.88 bits per heavy atom. The number of ether oxygens (including phenoxy) is 1. The lowest BCUT2D eigenvalue weighted by Gasteiger charge is -2.41. The summed E-state index contributed by atoms with van der Waals surface area (Å²) in [6.07, 6.45) is 3.78. The molecule has 2 heterocycles. The maximum atomic E-state index is 12.2. The van der Waals surface area contributed by atoms with Crippen molar-refractivity contribution in [3.63, 3.8) is 0 Å². The standard InChI is InChI=1S/C11H16O3S3/c1-10(2)7-11(16(3)12,17(4)13)9-8(14-10)5-6-15-9/h5-6H,7H2,1-4H3. The minimum absolute atomic E-state index is 0.439. The molecule has 0 fully saturated rings. The van der Waals surface area contributed by atoms with E-state index in [1.54, 1.807) is 12.5 Å². The summed E-state index contributed by atoms with van der Waals surface area (Å²) in [6, 6.07) is 1.87. The molecule has 1 aromatic heterocycles. The van der Waals surface area contributed by atoms with Gasteiger partial charge in [0.05, 0.1) is 4.88 Å². The maximum absolute atomic E-state index is 12.2. The van der Waals surface area contributed by atoms with Gasteiger partial charge in [-0.1, -0.05) is 0 Å². The molecular weight excluding hydrogens is 276 g/mol. The van der Waals surface area contributed by atoms with Crippen molar-refractivity contribution >= 4 is 32.9 Å². The molecule has 0 aliphatic carbocycles. The summed E-state index contributed by atoms with van der Waals surface area (Å²) in [7, 11) is -2.39. The molecule has 0 radical (unpaired) electrons. The van der Waals surface area contributed by atoms with E-state index in [1.165, 1.54) is 11.3 Å². The van der Waals surface area contributed by atoms with Crippen LogP contribution in [0.1, 0.15) is 25.1 Å². The fourth-order valence-corrected chi connectivity index (χ4v) is 7.20. The third kappa shape index (κ3) is 2.00. The van der Waals surface area contributed by atoms with Gasteiger partial charge in [0, 0.05) is 40.5 Å². The van der Waals surface area contributed by atoms with Gasteiger partial charge in [-0.15, -0.1) is 11.3 Å². The van der Waals surface area contributed by atoms with E-state index in [0.29, 0.717) is 6.42 Å². The van der Waals surface area contributed by atoms with Crippen LogP contribution >= 0.6 is 11.3 Å². The summed E-state index contributed by atoms with van der Waals surface area (Å²) in [4.78, 5) is 0.860. The van der Waals surface area contributed by atoms with E-state index < -0.39 is 31.3 Å². The third-order valence-corrected chi connectivity index (χ3v) is 8.23. The van der Waals surface area contributed by atoms with Gasteiger partial charge in [0.25, 0.3) is 0 Å². The first-order valence-electron chi connectivity index (χ1n) is 5.24. The monoisotopic (exact) mass is 292 g/mol. The van der Waals surface area contributed by atoms with E-state index in [0.717, 1.165) is 10.6 Å². The van der Waals surface area contributed by atoms with Crippen LogP contribution in [0, 0.1) is 0 Å². The van der Waals surface area contributed by atoms with Gasteiger partial charge in [-0.2, -0.15) is 0 Å². The molecule has 0 saturated carbocycles. The number of rotatable bonds is 2. The van der Waals surface area contributed by atoms with Crippen molar-refractivity contribution in [3.8, 4) is 5.75 Å². The molecule has 0 N–H and O–H groups in total. The Labute approximate surface area is 110 Å². The SMILES string of the molecule is CS(=O)C1(S(C)=O)CC(C)(C)Oc2ccsc21. The van der Waals surface area contributed by atoms with Crippen molar-refractivity contribution in [2.75, 3.05) is 12.5 Å². The molecule has 0 amide bonds. The minimum atomic E-state index is -1.20. The number of thiophene rings is 1. The maximum Gasteiger partial charge on any atom is 0.161 e. The summed E-state index contributed by atoms with van der Waals surface area (Å²) < 4.78 is 29.4. The molecule has 2 unspecified atom stereocenters. The first kappa shape index (κ1) is 13.2. The van der Waals surface area contributed by atoms with Crippen LogP contribution in [0.15, 0.2) is 11.4 Å². The highest BCUT2D eigenvalue weighted by atomic mass is 32.2. The van der Waals surface area contributed by atoms with Crippen molar-refractivity contribution in [2.24, 2.45) is 0 Å². The highest BCUT2D eigenvalue weighted by molar-refractivity contribution is 8.03. The first-order valence-corrected chi connectivity index (χ1v) is 9.23. The highest BCUT2D eigenvalue weighted by Crippen LogP contribution is 2.50. The average molecular weight is 292 g/mol. The van der Waals surface area contributed by atoms with Gasteiger partial charge in [0.1, 0.15) is 11.4 Å². The van der Waals surface area contributed by atoms with Crippen LogP contribution in [0.2, 0.25) is 0 Å². The molecule has 0 aromatic carbocycles. The van der Waals surface area contributed by atoms with Gasteiger partial charge in [0.15, 0.2) is 4.08 Å². The van der Waals surface area contributed by atoms with Gasteiger partial charge in [-0.3, -0.25) is 8.42 Å². The second-order valence-corrected chi connectivity index (χ2v) is 9.20. The third-order valence-electron chi connectivity index (χ3n) is 2.95. The molecule has 17 heavy (non-hydrogen) atoms. The van der Waals surface area contributed by atoms with Crippen molar-refractivity contribution < 1.29 is 13.2 Å². The Morgan fingerprint density at radius 3 is 2.41 bits per heavy atom. The van der Waals surface area contributed by atoms with Crippen molar-refractivity contribution in [3.05, 3.63) is 16.3 Å². The van der Waals surface area contributed by atoms with Crippen molar-refractivity contribution in [1.82, 2.24) is 0 Å². The normalized spacial score (nSPS) is 30.1.